The summed E-state index contributed by atoms with van der Waals surface area (Å²) in [7, 11) is 4.87. The van der Waals surface area contributed by atoms with Gasteiger partial charge in [-0.05, 0) is 59.4 Å². The molecule has 594 valence electrons. The predicted molar refractivity (Wildman–Crippen MR) is 399 cm³/mol. The number of aliphatic imine (C=N–C) groups is 2. The summed E-state index contributed by atoms with van der Waals surface area (Å²) in [4.78, 5) is 193. The number of carbonyl (C=O) groups excluding carboxylic acids is 12. The van der Waals surface area contributed by atoms with Gasteiger partial charge < -0.3 is 111 Å². The number of carboxylic acid groups (broad SMARTS) is 2. The largest absolute Gasteiger partial charge is 0.481 e. The maximum absolute atomic E-state index is 14.3. The number of rotatable bonds is 34. The van der Waals surface area contributed by atoms with Crippen molar-refractivity contribution in [2.75, 3.05) is 109 Å². The Kier molecular flexibility index (Phi) is 44.5. The molecule has 2 saturated heterocycles. The van der Waals surface area contributed by atoms with Crippen LogP contribution in [0, 0.1) is 5.41 Å². The summed E-state index contributed by atoms with van der Waals surface area (Å²) in [6.45, 7) is 15.9. The maximum Gasteiger partial charge on any atom is 0.305 e. The van der Waals surface area contributed by atoms with Gasteiger partial charge in [0.2, 0.25) is 70.9 Å². The second-order valence-corrected chi connectivity index (χ2v) is 29.0. The smallest absolute Gasteiger partial charge is 0.305 e. The van der Waals surface area contributed by atoms with Crippen LogP contribution in [-0.4, -0.2) is 279 Å². The lowest BCUT2D eigenvalue weighted by atomic mass is 9.87. The molecule has 0 aliphatic carbocycles. The molecule has 38 nitrogen and oxygen atoms in total. The minimum absolute atomic E-state index is 0.00928. The number of amides is 12. The number of aliphatic carboxylic acids is 2. The van der Waals surface area contributed by atoms with E-state index in [1.54, 1.807) is 44.3 Å². The minimum Gasteiger partial charge on any atom is -0.481 e. The van der Waals surface area contributed by atoms with Crippen LogP contribution in [0.25, 0.3) is 0 Å². The fourth-order valence-corrected chi connectivity index (χ4v) is 12.5. The first-order valence-corrected chi connectivity index (χ1v) is 37.8. The van der Waals surface area contributed by atoms with Crippen molar-refractivity contribution in [3.05, 3.63) is 35.9 Å². The Hall–Kier alpha value is -8.90. The number of carbonyl (C=O) groups is 14. The van der Waals surface area contributed by atoms with Gasteiger partial charge in [0.25, 0.3) is 0 Å². The van der Waals surface area contributed by atoms with Crippen molar-refractivity contribution < 1.29 is 92.0 Å². The number of oxime groups is 1. The Labute approximate surface area is 628 Å². The number of ether oxygens (including phenoxy) is 2. The Morgan fingerprint density at radius 3 is 1.80 bits per heavy atom. The molecular weight excluding hydrogens is 1450 g/mol. The molecule has 2 unspecified atom stereocenters. The van der Waals surface area contributed by atoms with E-state index in [1.807, 2.05) is 20.8 Å². The van der Waals surface area contributed by atoms with Crippen LogP contribution in [0.15, 0.2) is 45.5 Å². The number of benzene rings is 1. The van der Waals surface area contributed by atoms with Gasteiger partial charge in [-0.15, -0.1) is 11.8 Å². The Morgan fingerprint density at radius 2 is 1.24 bits per heavy atom. The van der Waals surface area contributed by atoms with Gasteiger partial charge in [0.15, 0.2) is 5.96 Å². The van der Waals surface area contributed by atoms with Crippen LogP contribution in [0.1, 0.15) is 99.0 Å². The van der Waals surface area contributed by atoms with Gasteiger partial charge in [0, 0.05) is 114 Å². The first-order chi connectivity index (χ1) is 50.2. The average Bonchev–Trinajstić information content (AvgIpc) is 0.958. The van der Waals surface area contributed by atoms with Gasteiger partial charge in [-0.3, -0.25) is 77.1 Å². The third kappa shape index (κ3) is 38.9. The maximum atomic E-state index is 14.3. The quantitative estimate of drug-likeness (QED) is 0.00772. The van der Waals surface area contributed by atoms with Crippen molar-refractivity contribution in [3.63, 3.8) is 0 Å². The second-order valence-electron chi connectivity index (χ2n) is 25.4. The van der Waals surface area contributed by atoms with E-state index in [2.05, 4.69) is 110 Å². The first-order valence-electron chi connectivity index (χ1n) is 34.1. The highest BCUT2D eigenvalue weighted by atomic mass is 33.1. The lowest BCUT2D eigenvalue weighted by Crippen LogP contribution is -2.60. The molecule has 1 aromatic rings. The monoisotopic (exact) mass is 1550 g/mol. The first kappa shape index (κ1) is 93.2. The fraction of sp³-hybridized carbons (Fsp3) is 0.646. The molecule has 2 heterocycles. The van der Waals surface area contributed by atoms with Gasteiger partial charge in [-0.25, -0.2) is 0 Å². The van der Waals surface area contributed by atoms with E-state index in [0.29, 0.717) is 50.7 Å². The highest BCUT2D eigenvalue weighted by Gasteiger charge is 2.37. The fourth-order valence-electron chi connectivity index (χ4n) is 9.32. The van der Waals surface area contributed by atoms with Gasteiger partial charge in [-0.1, -0.05) is 70.9 Å². The van der Waals surface area contributed by atoms with Crippen LogP contribution in [-0.2, 0) is 83.0 Å². The summed E-state index contributed by atoms with van der Waals surface area (Å²) >= 11 is 0.756. The molecule has 1 aromatic carbocycles. The molecule has 0 spiro atoms. The molecule has 0 aromatic heterocycles. The lowest BCUT2D eigenvalue weighted by Gasteiger charge is -2.36. The minimum atomic E-state index is -1.83. The van der Waals surface area contributed by atoms with Crippen LogP contribution < -0.4 is 85.9 Å². The Bertz CT molecular complexity index is 3190. The highest BCUT2D eigenvalue weighted by molar-refractivity contribution is 8.76. The van der Waals surface area contributed by atoms with Gasteiger partial charge in [0.05, 0.1) is 56.1 Å². The second kappa shape index (κ2) is 50.6. The molecule has 2 bridgehead atoms. The summed E-state index contributed by atoms with van der Waals surface area (Å²) in [6, 6.07) is -3.14. The number of guanidine groups is 1. The number of carboxylic acids is 2. The van der Waals surface area contributed by atoms with Crippen LogP contribution in [0.2, 0.25) is 0 Å². The van der Waals surface area contributed by atoms with Crippen LogP contribution in [0.4, 0.5) is 0 Å². The van der Waals surface area contributed by atoms with E-state index in [1.165, 1.54) is 7.11 Å². The number of thioether (sulfide) groups is 1. The molecule has 0 saturated carbocycles. The van der Waals surface area contributed by atoms with Crippen molar-refractivity contribution in [2.24, 2.45) is 32.0 Å². The predicted octanol–water partition coefficient (Wildman–Crippen LogP) is -4.52. The number of nitrogens with two attached hydrogens (primary N) is 2. The van der Waals surface area contributed by atoms with E-state index < -0.39 is 151 Å². The molecule has 2 aliphatic rings. The molecule has 3 rings (SSSR count). The van der Waals surface area contributed by atoms with Gasteiger partial charge >= 0.3 is 11.9 Å². The Morgan fingerprint density at radius 1 is 0.670 bits per heavy atom. The number of hydrogen-bond donors (Lipinski definition) is 19. The van der Waals surface area contributed by atoms with E-state index in [0.717, 1.165) is 45.5 Å². The normalized spacial score (nSPS) is 20.9. The Balaban J connectivity index is 0.000000940. The summed E-state index contributed by atoms with van der Waals surface area (Å²) < 4.78 is 10.2. The molecule has 41 heteroatoms. The van der Waals surface area contributed by atoms with Crippen molar-refractivity contribution in [3.8, 4) is 0 Å². The highest BCUT2D eigenvalue weighted by Crippen LogP contribution is 2.24. The summed E-state index contributed by atoms with van der Waals surface area (Å²) in [5, 5.41) is 68.5. The molecule has 106 heavy (non-hydrogen) atoms. The summed E-state index contributed by atoms with van der Waals surface area (Å²) in [6.07, 6.45) is -1.04. The van der Waals surface area contributed by atoms with Gasteiger partial charge in [-0.2, -0.15) is 0 Å². The SMILES string of the molecule is CCCOCCNC(=O)CCC(=O)NCC(C)(CNC(C)/C(C)=N/O)CNC(C)(C)C(C)=NC.COCCNC(=O)CNC(=O)[C@@H]1CSCC(=O)N[C@@H](CC(=O)O)C(=O)N[C@H]2CSSC[C@H](NC(=O)[C@H](CC(=O)O)NC(=O)CNC(=O)[C@H](CCCN=C(N)N)NC2=O)C(=O)N[C@@H](Cc2ccccc2)C(=O)N1. The summed E-state index contributed by atoms with van der Waals surface area (Å²) in [5.74, 6) is -15.1. The molecule has 2 fully saturated rings. The average molecular weight is 1550 g/mol. The van der Waals surface area contributed by atoms with Crippen molar-refractivity contribution in [1.29, 1.82) is 0 Å². The molecule has 2 aliphatic heterocycles. The van der Waals surface area contributed by atoms with Crippen molar-refractivity contribution >= 4 is 134 Å². The van der Waals surface area contributed by atoms with E-state index in [9.17, 15) is 77.3 Å². The number of hydrogen-bond acceptors (Lipinski definition) is 25. The number of fused-ring (bicyclic) bond motifs is 5. The number of nitrogens with one attached hydrogen (secondary N) is 14. The van der Waals surface area contributed by atoms with E-state index in [-0.39, 0.29) is 98.1 Å². The van der Waals surface area contributed by atoms with Crippen LogP contribution in [0.5, 0.6) is 0 Å². The molecule has 9 atom stereocenters. The van der Waals surface area contributed by atoms with Crippen molar-refractivity contribution in [2.45, 2.75) is 154 Å². The lowest BCUT2D eigenvalue weighted by molar-refractivity contribution is -0.141. The van der Waals surface area contributed by atoms with Crippen LogP contribution in [0.3, 0.4) is 0 Å². The van der Waals surface area contributed by atoms with Gasteiger partial charge in [0.1, 0.15) is 42.3 Å². The zero-order valence-electron chi connectivity index (χ0n) is 61.4. The third-order valence-electron chi connectivity index (χ3n) is 16.0. The number of nitrogens with zero attached hydrogens (tertiary/aromatic N) is 3. The standard InChI is InChI=1S/C41H59N13O15S3.C24H48N6O4/c1-69-11-10-44-29(55)15-46-35(63)26-17-70-20-31(57)49-25(14-33(60)61)38(66)53-27-18-71-72-19-28(40(68)51-23(36(64)52-26)12-21-6-3-2-4-7-21)54-37(65)24(13-32(58)59)48-30(56)16-47-34(62)22(50-39(27)67)8-5-9-45-41(42)43;1-9-13-34-14-12-26-21(31)10-11-22(32)28-16-24(7,15-27-18(2)19(3)30-33)17-29-23(5,6)20(4)25-8/h2-4,6-7,22-28H,5,8-20H2,1H3,(H,44,55)(H,46,63)(H,47,62)(H,48,56)(H,49,57)(H,50,67)(H,51,68)(H,52,64)(H,53,66)(H,54,65)(H,58,59)(H,60,61)(H4,42,43,45);18,27,29,33H,9-17H2,1-8H3,(H,26,31)(H,28,32)/b;25-20?,30-19+/t22-,23-,24-,25-,26-,27-,28-;/m0./s1. The zero-order chi connectivity index (χ0) is 79.4. The van der Waals surface area contributed by atoms with E-state index in [4.69, 9.17) is 26.1 Å². The van der Waals surface area contributed by atoms with Crippen LogP contribution >= 0.6 is 33.3 Å². The zero-order valence-corrected chi connectivity index (χ0v) is 63.8. The molecule has 21 N–H and O–H groups in total. The molecule has 0 radical (unpaired) electrons. The third-order valence-corrected chi connectivity index (χ3v) is 19.5. The number of methoxy groups -OCH3 is 1. The topological polar surface area (TPSA) is 576 Å². The molecular formula is C65H107N19O19S3. The van der Waals surface area contributed by atoms with E-state index >= 15 is 0 Å². The molecule has 12 amide bonds. The summed E-state index contributed by atoms with van der Waals surface area (Å²) in [5.41, 5.74) is 12.3. The van der Waals surface area contributed by atoms with Crippen molar-refractivity contribution in [1.82, 2.24) is 74.4 Å².